The number of rotatable bonds is 9. The Hall–Kier alpha value is -1.84. The average molecular weight is 357 g/mol. The van der Waals surface area contributed by atoms with Gasteiger partial charge < -0.3 is 9.26 Å². The second kappa shape index (κ2) is 9.75. The van der Waals surface area contributed by atoms with Crippen molar-refractivity contribution in [1.82, 2.24) is 10.1 Å². The fraction of sp³-hybridized carbons (Fsp3) is 0.636. The summed E-state index contributed by atoms with van der Waals surface area (Å²) < 4.78 is 11.3. The van der Waals surface area contributed by atoms with Crippen molar-refractivity contribution >= 4 is 0 Å². The number of aromatic nitrogens is 2. The quantitative estimate of drug-likeness (QED) is 0.489. The Morgan fingerprint density at radius 1 is 1.00 bits per heavy atom. The summed E-state index contributed by atoms with van der Waals surface area (Å²) in [5.74, 6) is 3.74. The summed E-state index contributed by atoms with van der Waals surface area (Å²) in [6.07, 6.45) is 11.2. The third-order valence-electron chi connectivity index (χ3n) is 5.48. The molecule has 1 aliphatic rings. The van der Waals surface area contributed by atoms with E-state index < -0.39 is 0 Å². The van der Waals surface area contributed by atoms with Crippen LogP contribution in [-0.2, 0) is 0 Å². The van der Waals surface area contributed by atoms with E-state index in [-0.39, 0.29) is 0 Å². The molecule has 4 heteroatoms. The minimum absolute atomic E-state index is 0.436. The average Bonchev–Trinajstić information content (AvgIpc) is 3.18. The van der Waals surface area contributed by atoms with Crippen LogP contribution in [0.25, 0.3) is 11.4 Å². The van der Waals surface area contributed by atoms with Crippen LogP contribution >= 0.6 is 0 Å². The van der Waals surface area contributed by atoms with E-state index in [1.54, 1.807) is 0 Å². The lowest BCUT2D eigenvalue weighted by Gasteiger charge is -2.26. The lowest BCUT2D eigenvalue weighted by Crippen LogP contribution is -2.13. The summed E-state index contributed by atoms with van der Waals surface area (Å²) >= 11 is 0. The number of benzene rings is 1. The van der Waals surface area contributed by atoms with E-state index in [1.165, 1.54) is 44.9 Å². The smallest absolute Gasteiger partial charge is 0.230 e. The van der Waals surface area contributed by atoms with E-state index in [0.717, 1.165) is 42.6 Å². The molecule has 0 saturated heterocycles. The molecule has 1 aromatic heterocycles. The van der Waals surface area contributed by atoms with Crippen molar-refractivity contribution in [2.24, 2.45) is 5.92 Å². The Morgan fingerprint density at radius 2 is 1.73 bits per heavy atom. The predicted octanol–water partition coefficient (Wildman–Crippen LogP) is 6.38. The van der Waals surface area contributed by atoms with Crippen molar-refractivity contribution in [2.45, 2.75) is 77.6 Å². The van der Waals surface area contributed by atoms with Gasteiger partial charge in [-0.2, -0.15) is 4.98 Å². The van der Waals surface area contributed by atoms with Crippen molar-refractivity contribution in [3.8, 4) is 17.1 Å². The van der Waals surface area contributed by atoms with Gasteiger partial charge in [-0.15, -0.1) is 0 Å². The van der Waals surface area contributed by atoms with Gasteiger partial charge in [-0.1, -0.05) is 44.7 Å². The van der Waals surface area contributed by atoms with E-state index in [9.17, 15) is 0 Å². The van der Waals surface area contributed by atoms with Gasteiger partial charge in [0, 0.05) is 11.5 Å². The molecule has 0 unspecified atom stereocenters. The molecular weight excluding hydrogens is 324 g/mol. The molecule has 3 rings (SSSR count). The standard InChI is InChI=1S/C22H32N2O2/c1-3-5-7-17-8-10-19(11-9-17)22-23-21(24-26-22)18-12-14-20(15-13-18)25-16-6-4-2/h12-15,17,19H,3-11,16H2,1-2H3. The first kappa shape index (κ1) is 18.9. The predicted molar refractivity (Wildman–Crippen MR) is 104 cm³/mol. The van der Waals surface area contributed by atoms with E-state index in [0.29, 0.717) is 11.7 Å². The highest BCUT2D eigenvalue weighted by atomic mass is 16.5. The fourth-order valence-electron chi connectivity index (χ4n) is 3.74. The molecule has 0 radical (unpaired) electrons. The summed E-state index contributed by atoms with van der Waals surface area (Å²) in [4.78, 5) is 4.68. The molecule has 0 atom stereocenters. The van der Waals surface area contributed by atoms with E-state index in [2.05, 4.69) is 24.0 Å². The zero-order valence-electron chi connectivity index (χ0n) is 16.2. The second-order valence-corrected chi connectivity index (χ2v) is 7.54. The Bertz CT molecular complexity index is 642. The number of hydrogen-bond acceptors (Lipinski definition) is 4. The third-order valence-corrected chi connectivity index (χ3v) is 5.48. The summed E-state index contributed by atoms with van der Waals surface area (Å²) in [5, 5.41) is 4.21. The van der Waals surface area contributed by atoms with Crippen LogP contribution in [0.15, 0.2) is 28.8 Å². The van der Waals surface area contributed by atoms with Gasteiger partial charge in [-0.05, 0) is 62.3 Å². The molecule has 1 aromatic carbocycles. The highest BCUT2D eigenvalue weighted by Crippen LogP contribution is 2.37. The normalized spacial score (nSPS) is 20.2. The first-order valence-electron chi connectivity index (χ1n) is 10.4. The van der Waals surface area contributed by atoms with Gasteiger partial charge in [0.2, 0.25) is 11.7 Å². The van der Waals surface area contributed by atoms with Crippen LogP contribution in [0.4, 0.5) is 0 Å². The Kier molecular flexibility index (Phi) is 7.10. The Balaban J connectivity index is 1.55. The number of nitrogens with zero attached hydrogens (tertiary/aromatic N) is 2. The molecule has 1 fully saturated rings. The van der Waals surface area contributed by atoms with Gasteiger partial charge >= 0.3 is 0 Å². The number of hydrogen-bond donors (Lipinski definition) is 0. The van der Waals surface area contributed by atoms with Crippen LogP contribution in [0.1, 0.15) is 83.4 Å². The third kappa shape index (κ3) is 5.09. The molecule has 142 valence electrons. The van der Waals surface area contributed by atoms with Crippen LogP contribution in [0.3, 0.4) is 0 Å². The SMILES string of the molecule is CCCCOc1ccc(-c2noc(C3CCC(CCCC)CC3)n2)cc1. The van der Waals surface area contributed by atoms with Crippen LogP contribution < -0.4 is 4.74 Å². The summed E-state index contributed by atoms with van der Waals surface area (Å²) in [7, 11) is 0. The molecule has 0 spiro atoms. The first-order chi connectivity index (χ1) is 12.8. The van der Waals surface area contributed by atoms with Gasteiger partial charge in [-0.25, -0.2) is 0 Å². The fourth-order valence-corrected chi connectivity index (χ4v) is 3.74. The highest BCUT2D eigenvalue weighted by molar-refractivity contribution is 5.55. The van der Waals surface area contributed by atoms with Crippen molar-refractivity contribution in [1.29, 1.82) is 0 Å². The molecule has 1 heterocycles. The largest absolute Gasteiger partial charge is 0.494 e. The van der Waals surface area contributed by atoms with Crippen molar-refractivity contribution in [2.75, 3.05) is 6.61 Å². The van der Waals surface area contributed by atoms with Gasteiger partial charge in [-0.3, -0.25) is 0 Å². The molecule has 26 heavy (non-hydrogen) atoms. The molecule has 2 aromatic rings. The van der Waals surface area contributed by atoms with Gasteiger partial charge in [0.1, 0.15) is 5.75 Å². The zero-order chi connectivity index (χ0) is 18.2. The minimum atomic E-state index is 0.436. The van der Waals surface area contributed by atoms with E-state index in [4.69, 9.17) is 9.26 Å². The summed E-state index contributed by atoms with van der Waals surface area (Å²) in [5.41, 5.74) is 0.986. The van der Waals surface area contributed by atoms with Crippen LogP contribution in [0.2, 0.25) is 0 Å². The van der Waals surface area contributed by atoms with Crippen molar-refractivity contribution in [3.63, 3.8) is 0 Å². The molecule has 0 bridgehead atoms. The summed E-state index contributed by atoms with van der Waals surface area (Å²) in [6, 6.07) is 8.00. The maximum absolute atomic E-state index is 5.71. The van der Waals surface area contributed by atoms with E-state index >= 15 is 0 Å². The highest BCUT2D eigenvalue weighted by Gasteiger charge is 2.26. The molecule has 1 aliphatic carbocycles. The number of ether oxygens (including phenoxy) is 1. The van der Waals surface area contributed by atoms with Crippen LogP contribution in [0, 0.1) is 5.92 Å². The number of unbranched alkanes of at least 4 members (excludes halogenated alkanes) is 2. The zero-order valence-corrected chi connectivity index (χ0v) is 16.2. The Morgan fingerprint density at radius 3 is 2.42 bits per heavy atom. The second-order valence-electron chi connectivity index (χ2n) is 7.54. The maximum Gasteiger partial charge on any atom is 0.230 e. The molecule has 1 saturated carbocycles. The topological polar surface area (TPSA) is 48.2 Å². The summed E-state index contributed by atoms with van der Waals surface area (Å²) in [6.45, 7) is 5.20. The lowest BCUT2D eigenvalue weighted by molar-refractivity contribution is 0.260. The lowest BCUT2D eigenvalue weighted by atomic mass is 9.80. The van der Waals surface area contributed by atoms with Crippen molar-refractivity contribution < 1.29 is 9.26 Å². The molecule has 0 amide bonds. The van der Waals surface area contributed by atoms with Gasteiger partial charge in [0.05, 0.1) is 6.61 Å². The Labute approximate surface area is 157 Å². The first-order valence-corrected chi connectivity index (χ1v) is 10.4. The van der Waals surface area contributed by atoms with Crippen molar-refractivity contribution in [3.05, 3.63) is 30.2 Å². The van der Waals surface area contributed by atoms with Gasteiger partial charge in [0.15, 0.2) is 0 Å². The molecular formula is C22H32N2O2. The molecule has 0 N–H and O–H groups in total. The van der Waals surface area contributed by atoms with Gasteiger partial charge in [0.25, 0.3) is 0 Å². The minimum Gasteiger partial charge on any atom is -0.494 e. The molecule has 0 aliphatic heterocycles. The van der Waals surface area contributed by atoms with E-state index in [1.807, 2.05) is 24.3 Å². The van der Waals surface area contributed by atoms with Crippen LogP contribution in [-0.4, -0.2) is 16.7 Å². The monoisotopic (exact) mass is 356 g/mol. The van der Waals surface area contributed by atoms with Crippen LogP contribution in [0.5, 0.6) is 5.75 Å². The maximum atomic E-state index is 5.71. The molecule has 4 nitrogen and oxygen atoms in total.